The van der Waals surface area contributed by atoms with E-state index in [1.807, 2.05) is 0 Å². The van der Waals surface area contributed by atoms with Crippen molar-refractivity contribution in [2.24, 2.45) is 11.7 Å². The zero-order valence-corrected chi connectivity index (χ0v) is 13.0. The highest BCUT2D eigenvalue weighted by Crippen LogP contribution is 2.36. The minimum Gasteiger partial charge on any atom is -0.324 e. The molecule has 0 saturated heterocycles. The summed E-state index contributed by atoms with van der Waals surface area (Å²) in [7, 11) is 0. The molecule has 1 aliphatic carbocycles. The Labute approximate surface area is 119 Å². The summed E-state index contributed by atoms with van der Waals surface area (Å²) in [4.78, 5) is 0. The average Bonchev–Trinajstić information content (AvgIpc) is 2.32. The minimum absolute atomic E-state index is 0.199. The van der Waals surface area contributed by atoms with Gasteiger partial charge in [0.15, 0.2) is 0 Å². The Morgan fingerprint density at radius 3 is 2.62 bits per heavy atom. The quantitative estimate of drug-likeness (QED) is 0.728. The van der Waals surface area contributed by atoms with Crippen LogP contribution in [0.4, 0.5) is 0 Å². The molecule has 1 nitrogen and oxygen atoms in total. The molecule has 0 spiro atoms. The van der Waals surface area contributed by atoms with Gasteiger partial charge in [-0.15, -0.1) is 0 Å². The van der Waals surface area contributed by atoms with Crippen molar-refractivity contribution in [2.75, 3.05) is 0 Å². The maximum Gasteiger partial charge on any atom is 0.0335 e. The molecule has 1 aliphatic rings. The van der Waals surface area contributed by atoms with Gasteiger partial charge in [-0.05, 0) is 65.1 Å². The van der Waals surface area contributed by atoms with Crippen LogP contribution >= 0.6 is 38.5 Å². The second kappa shape index (κ2) is 5.83. The van der Waals surface area contributed by atoms with Crippen molar-refractivity contribution in [1.82, 2.24) is 0 Å². The van der Waals surface area contributed by atoms with E-state index in [4.69, 9.17) is 5.73 Å². The Bertz CT molecular complexity index is 361. The van der Waals surface area contributed by atoms with Crippen LogP contribution in [0.15, 0.2) is 22.7 Å². The Morgan fingerprint density at radius 1 is 1.25 bits per heavy atom. The summed E-state index contributed by atoms with van der Waals surface area (Å²) in [5, 5.41) is 0. The van der Waals surface area contributed by atoms with Crippen LogP contribution in [0.3, 0.4) is 0 Å². The highest BCUT2D eigenvalue weighted by atomic mass is 127. The SMILES string of the molecule is NC(c1cc(I)ccc1Br)C1CCCCC1. The molecule has 0 aromatic heterocycles. The molecular weight excluding hydrogens is 377 g/mol. The highest BCUT2D eigenvalue weighted by Gasteiger charge is 2.23. The van der Waals surface area contributed by atoms with Gasteiger partial charge in [0.05, 0.1) is 0 Å². The van der Waals surface area contributed by atoms with E-state index in [1.165, 1.54) is 41.2 Å². The lowest BCUT2D eigenvalue weighted by molar-refractivity contribution is 0.307. The third-order valence-corrected chi connectivity index (χ3v) is 4.87. The molecule has 1 fully saturated rings. The van der Waals surface area contributed by atoms with Gasteiger partial charge >= 0.3 is 0 Å². The average molecular weight is 394 g/mol. The van der Waals surface area contributed by atoms with E-state index in [2.05, 4.69) is 56.7 Å². The fourth-order valence-corrected chi connectivity index (χ4v) is 3.54. The van der Waals surface area contributed by atoms with E-state index in [0.717, 1.165) is 4.47 Å². The van der Waals surface area contributed by atoms with Crippen LogP contribution in [-0.2, 0) is 0 Å². The van der Waals surface area contributed by atoms with Gasteiger partial charge in [-0.2, -0.15) is 0 Å². The van der Waals surface area contributed by atoms with E-state index < -0.39 is 0 Å². The van der Waals surface area contributed by atoms with Gasteiger partial charge in [0.25, 0.3) is 0 Å². The van der Waals surface area contributed by atoms with Gasteiger partial charge in [-0.25, -0.2) is 0 Å². The highest BCUT2D eigenvalue weighted by molar-refractivity contribution is 14.1. The number of hydrogen-bond acceptors (Lipinski definition) is 1. The first-order chi connectivity index (χ1) is 7.68. The monoisotopic (exact) mass is 393 g/mol. The predicted molar refractivity (Wildman–Crippen MR) is 80.4 cm³/mol. The molecule has 0 bridgehead atoms. The van der Waals surface area contributed by atoms with E-state index in [-0.39, 0.29) is 6.04 Å². The smallest absolute Gasteiger partial charge is 0.0335 e. The molecule has 3 heteroatoms. The van der Waals surface area contributed by atoms with Crippen LogP contribution in [0.5, 0.6) is 0 Å². The van der Waals surface area contributed by atoms with Crippen LogP contribution in [0, 0.1) is 9.49 Å². The lowest BCUT2D eigenvalue weighted by atomic mass is 9.81. The molecule has 16 heavy (non-hydrogen) atoms. The molecule has 1 aromatic carbocycles. The summed E-state index contributed by atoms with van der Waals surface area (Å²) in [5.74, 6) is 0.670. The Kier molecular flexibility index (Phi) is 4.67. The number of hydrogen-bond donors (Lipinski definition) is 1. The van der Waals surface area contributed by atoms with Gasteiger partial charge in [0.2, 0.25) is 0 Å². The summed E-state index contributed by atoms with van der Waals surface area (Å²) in [6.45, 7) is 0. The third-order valence-electron chi connectivity index (χ3n) is 3.47. The van der Waals surface area contributed by atoms with Gasteiger partial charge < -0.3 is 5.73 Å². The van der Waals surface area contributed by atoms with Crippen molar-refractivity contribution in [3.63, 3.8) is 0 Å². The number of nitrogens with two attached hydrogens (primary N) is 1. The van der Waals surface area contributed by atoms with Gasteiger partial charge in [0.1, 0.15) is 0 Å². The van der Waals surface area contributed by atoms with Crippen molar-refractivity contribution >= 4 is 38.5 Å². The molecule has 88 valence electrons. The van der Waals surface area contributed by atoms with E-state index in [1.54, 1.807) is 0 Å². The van der Waals surface area contributed by atoms with Crippen LogP contribution < -0.4 is 5.73 Å². The molecule has 0 amide bonds. The maximum atomic E-state index is 6.41. The van der Waals surface area contributed by atoms with Crippen molar-refractivity contribution < 1.29 is 0 Å². The van der Waals surface area contributed by atoms with Crippen LogP contribution in [0.25, 0.3) is 0 Å². The summed E-state index contributed by atoms with van der Waals surface area (Å²) < 4.78 is 2.42. The number of rotatable bonds is 2. The molecule has 1 unspecified atom stereocenters. The molecule has 1 atom stereocenters. The molecular formula is C13H17BrIN. The van der Waals surface area contributed by atoms with Crippen LogP contribution in [0.1, 0.15) is 43.7 Å². The van der Waals surface area contributed by atoms with E-state index >= 15 is 0 Å². The minimum atomic E-state index is 0.199. The summed E-state index contributed by atoms with van der Waals surface area (Å²) >= 11 is 5.96. The molecule has 0 aliphatic heterocycles. The topological polar surface area (TPSA) is 26.0 Å². The molecule has 1 aromatic rings. The van der Waals surface area contributed by atoms with E-state index in [9.17, 15) is 0 Å². The molecule has 1 saturated carbocycles. The molecule has 2 N–H and O–H groups in total. The van der Waals surface area contributed by atoms with Crippen LogP contribution in [0.2, 0.25) is 0 Å². The van der Waals surface area contributed by atoms with Crippen molar-refractivity contribution in [1.29, 1.82) is 0 Å². The first-order valence-electron chi connectivity index (χ1n) is 5.89. The molecule has 0 heterocycles. The zero-order chi connectivity index (χ0) is 11.5. The van der Waals surface area contributed by atoms with Crippen LogP contribution in [-0.4, -0.2) is 0 Å². The first-order valence-corrected chi connectivity index (χ1v) is 7.76. The van der Waals surface area contributed by atoms with Gasteiger partial charge in [-0.3, -0.25) is 0 Å². The lowest BCUT2D eigenvalue weighted by Crippen LogP contribution is -2.24. The van der Waals surface area contributed by atoms with Crippen molar-refractivity contribution in [2.45, 2.75) is 38.1 Å². The standard InChI is InChI=1S/C13H17BrIN/c14-12-7-6-10(15)8-11(12)13(16)9-4-2-1-3-5-9/h6-9,13H,1-5,16H2. The van der Waals surface area contributed by atoms with Gasteiger partial charge in [-0.1, -0.05) is 35.2 Å². The third kappa shape index (κ3) is 2.99. The predicted octanol–water partition coefficient (Wildman–Crippen LogP) is 4.63. The Balaban J connectivity index is 2.18. The first kappa shape index (κ1) is 12.8. The maximum absolute atomic E-state index is 6.41. The van der Waals surface area contributed by atoms with Crippen molar-refractivity contribution in [3.8, 4) is 0 Å². The second-order valence-corrected chi connectivity index (χ2v) is 6.69. The zero-order valence-electron chi connectivity index (χ0n) is 9.26. The fraction of sp³-hybridized carbons (Fsp3) is 0.538. The Hall–Kier alpha value is 0.390. The lowest BCUT2D eigenvalue weighted by Gasteiger charge is -2.28. The Morgan fingerprint density at radius 2 is 1.94 bits per heavy atom. The van der Waals surface area contributed by atoms with E-state index in [0.29, 0.717) is 5.92 Å². The normalized spacial score (nSPS) is 19.7. The fourth-order valence-electron chi connectivity index (χ4n) is 2.52. The molecule has 0 radical (unpaired) electrons. The summed E-state index contributed by atoms with van der Waals surface area (Å²) in [6.07, 6.45) is 6.66. The summed E-state index contributed by atoms with van der Waals surface area (Å²) in [6, 6.07) is 6.63. The molecule has 2 rings (SSSR count). The second-order valence-electron chi connectivity index (χ2n) is 4.59. The number of halogens is 2. The van der Waals surface area contributed by atoms with Crippen molar-refractivity contribution in [3.05, 3.63) is 31.8 Å². The van der Waals surface area contributed by atoms with Gasteiger partial charge in [0, 0.05) is 14.1 Å². The summed E-state index contributed by atoms with van der Waals surface area (Å²) in [5.41, 5.74) is 7.68. The number of benzene rings is 1. The largest absolute Gasteiger partial charge is 0.324 e.